The zero-order chi connectivity index (χ0) is 14.6. The molecule has 4 nitrogen and oxygen atoms in total. The van der Waals surface area contributed by atoms with Gasteiger partial charge in [-0.25, -0.2) is 13.6 Å². The number of halogens is 3. The molecule has 1 aromatic carbocycles. The Morgan fingerprint density at radius 3 is 2.32 bits per heavy atom. The number of carboxylic acids is 1. The molecule has 0 bridgehead atoms. The van der Waals surface area contributed by atoms with Crippen molar-refractivity contribution in [1.82, 2.24) is 5.32 Å². The van der Waals surface area contributed by atoms with Crippen LogP contribution in [0.2, 0.25) is 0 Å². The maximum Gasteiger partial charge on any atom is 0.326 e. The molecule has 1 aromatic rings. The summed E-state index contributed by atoms with van der Waals surface area (Å²) in [6.45, 7) is 0. The van der Waals surface area contributed by atoms with Gasteiger partial charge in [-0.15, -0.1) is 0 Å². The molecule has 8 heteroatoms. The largest absolute Gasteiger partial charge is 0.480 e. The molecule has 0 aliphatic rings. The van der Waals surface area contributed by atoms with Gasteiger partial charge < -0.3 is 10.4 Å². The number of hydrogen-bond acceptors (Lipinski definition) is 3. The summed E-state index contributed by atoms with van der Waals surface area (Å²) < 4.78 is 27.2. The van der Waals surface area contributed by atoms with Gasteiger partial charge in [0.15, 0.2) is 0 Å². The number of hydrogen-bond donors (Lipinski definition) is 3. The number of amides is 1. The monoisotopic (exact) mass is 353 g/mol. The second-order valence-electron chi connectivity index (χ2n) is 3.62. The minimum atomic E-state index is -1.29. The molecule has 0 saturated heterocycles. The van der Waals surface area contributed by atoms with E-state index < -0.39 is 35.1 Å². The van der Waals surface area contributed by atoms with E-state index in [2.05, 4.69) is 33.9 Å². The van der Waals surface area contributed by atoms with Gasteiger partial charge in [0.05, 0.1) is 0 Å². The standard InChI is InChI=1S/C11H10BrF2NO3S/c12-5-3-6(13)9(7(14)4-5)10(16)15-8(1-2-19)11(17)18/h3-4,8,19H,1-2H2,(H,15,16)(H,17,18). The first-order chi connectivity index (χ1) is 8.86. The molecule has 104 valence electrons. The zero-order valence-electron chi connectivity index (χ0n) is 9.49. The van der Waals surface area contributed by atoms with E-state index in [4.69, 9.17) is 5.11 Å². The minimum absolute atomic E-state index is 0.0456. The Hall–Kier alpha value is -1.15. The van der Waals surface area contributed by atoms with Crippen LogP contribution >= 0.6 is 28.6 Å². The molecule has 0 spiro atoms. The molecule has 1 amide bonds. The summed E-state index contributed by atoms with van der Waals surface area (Å²) in [5.74, 6) is -4.33. The number of carboxylic acid groups (broad SMARTS) is 1. The van der Waals surface area contributed by atoms with Gasteiger partial charge in [-0.05, 0) is 24.3 Å². The van der Waals surface area contributed by atoms with E-state index >= 15 is 0 Å². The third-order valence-corrected chi connectivity index (χ3v) is 2.97. The van der Waals surface area contributed by atoms with Crippen LogP contribution in [0.15, 0.2) is 16.6 Å². The molecule has 2 N–H and O–H groups in total. The Labute approximate surface area is 121 Å². The highest BCUT2D eigenvalue weighted by Crippen LogP contribution is 2.19. The first-order valence-corrected chi connectivity index (χ1v) is 6.58. The molecule has 0 radical (unpaired) electrons. The maximum atomic E-state index is 13.5. The Bertz CT molecular complexity index is 490. The van der Waals surface area contributed by atoms with Gasteiger partial charge in [-0.3, -0.25) is 4.79 Å². The number of nitrogens with one attached hydrogen (secondary N) is 1. The maximum absolute atomic E-state index is 13.5. The van der Waals surface area contributed by atoms with Crippen molar-refractivity contribution in [3.8, 4) is 0 Å². The Morgan fingerprint density at radius 2 is 1.89 bits per heavy atom. The van der Waals surface area contributed by atoms with E-state index in [1.807, 2.05) is 0 Å². The van der Waals surface area contributed by atoms with Gasteiger partial charge in [-0.1, -0.05) is 15.9 Å². The molecule has 1 rings (SSSR count). The fraction of sp³-hybridized carbons (Fsp3) is 0.273. The van der Waals surface area contributed by atoms with Gasteiger partial charge in [-0.2, -0.15) is 12.6 Å². The average Bonchev–Trinajstić information content (AvgIpc) is 2.26. The van der Waals surface area contributed by atoms with Gasteiger partial charge in [0.2, 0.25) is 0 Å². The van der Waals surface area contributed by atoms with Crippen molar-refractivity contribution < 1.29 is 23.5 Å². The summed E-state index contributed by atoms with van der Waals surface area (Å²) in [6.07, 6.45) is 0.0456. The van der Waals surface area contributed by atoms with Crippen LogP contribution in [-0.2, 0) is 4.79 Å². The predicted molar refractivity (Wildman–Crippen MR) is 71.4 cm³/mol. The van der Waals surface area contributed by atoms with E-state index in [0.717, 1.165) is 12.1 Å². The lowest BCUT2D eigenvalue weighted by Gasteiger charge is -2.14. The quantitative estimate of drug-likeness (QED) is 0.711. The average molecular weight is 354 g/mol. The van der Waals surface area contributed by atoms with E-state index in [1.54, 1.807) is 0 Å². The fourth-order valence-electron chi connectivity index (χ4n) is 1.38. The van der Waals surface area contributed by atoms with Gasteiger partial charge in [0.25, 0.3) is 5.91 Å². The van der Waals surface area contributed by atoms with Crippen LogP contribution in [0.1, 0.15) is 16.8 Å². The second-order valence-corrected chi connectivity index (χ2v) is 4.98. The smallest absolute Gasteiger partial charge is 0.326 e. The first kappa shape index (κ1) is 15.9. The van der Waals surface area contributed by atoms with Crippen molar-refractivity contribution in [2.75, 3.05) is 5.75 Å². The molecule has 0 aromatic heterocycles. The molecule has 0 aliphatic carbocycles. The van der Waals surface area contributed by atoms with Crippen molar-refractivity contribution in [1.29, 1.82) is 0 Å². The number of rotatable bonds is 5. The fourth-order valence-corrected chi connectivity index (χ4v) is 2.04. The lowest BCUT2D eigenvalue weighted by Crippen LogP contribution is -2.41. The van der Waals surface area contributed by atoms with Crippen molar-refractivity contribution in [2.45, 2.75) is 12.5 Å². The van der Waals surface area contributed by atoms with Crippen molar-refractivity contribution >= 4 is 40.4 Å². The SMILES string of the molecule is O=C(NC(CCS)C(=O)O)c1c(F)cc(Br)cc1F. The molecule has 0 saturated carbocycles. The third kappa shape index (κ3) is 4.17. The summed E-state index contributed by atoms with van der Waals surface area (Å²) in [4.78, 5) is 22.5. The zero-order valence-corrected chi connectivity index (χ0v) is 12.0. The van der Waals surface area contributed by atoms with E-state index in [9.17, 15) is 18.4 Å². The van der Waals surface area contributed by atoms with Crippen LogP contribution in [-0.4, -0.2) is 28.8 Å². The molecular formula is C11H10BrF2NO3S. The van der Waals surface area contributed by atoms with Crippen LogP contribution in [0, 0.1) is 11.6 Å². The van der Waals surface area contributed by atoms with E-state index in [0.29, 0.717) is 0 Å². The van der Waals surface area contributed by atoms with Gasteiger partial charge in [0.1, 0.15) is 23.2 Å². The van der Waals surface area contributed by atoms with Crippen LogP contribution in [0.25, 0.3) is 0 Å². The van der Waals surface area contributed by atoms with Crippen LogP contribution in [0.3, 0.4) is 0 Å². The van der Waals surface area contributed by atoms with Gasteiger partial charge in [0, 0.05) is 4.47 Å². The molecule has 0 fully saturated rings. The minimum Gasteiger partial charge on any atom is -0.480 e. The van der Waals surface area contributed by atoms with Crippen LogP contribution in [0.5, 0.6) is 0 Å². The highest BCUT2D eigenvalue weighted by molar-refractivity contribution is 9.10. The van der Waals surface area contributed by atoms with Crippen molar-refractivity contribution in [3.05, 3.63) is 33.8 Å². The second kappa shape index (κ2) is 6.85. The summed E-state index contributed by atoms with van der Waals surface area (Å²) in [5, 5.41) is 10.9. The number of aliphatic carboxylic acids is 1. The van der Waals surface area contributed by atoms with Gasteiger partial charge >= 0.3 is 5.97 Å². The number of benzene rings is 1. The van der Waals surface area contributed by atoms with Crippen molar-refractivity contribution in [2.24, 2.45) is 0 Å². The summed E-state index contributed by atoms with van der Waals surface area (Å²) in [5.41, 5.74) is -0.811. The third-order valence-electron chi connectivity index (χ3n) is 2.26. The number of thiol groups is 1. The van der Waals surface area contributed by atoms with Crippen LogP contribution < -0.4 is 5.32 Å². The lowest BCUT2D eigenvalue weighted by molar-refractivity contribution is -0.139. The topological polar surface area (TPSA) is 66.4 Å². The first-order valence-electron chi connectivity index (χ1n) is 5.16. The molecular weight excluding hydrogens is 344 g/mol. The summed E-state index contributed by atoms with van der Waals surface area (Å²) in [7, 11) is 0. The van der Waals surface area contributed by atoms with E-state index in [1.165, 1.54) is 0 Å². The Morgan fingerprint density at radius 1 is 1.37 bits per heavy atom. The summed E-state index contributed by atoms with van der Waals surface area (Å²) in [6, 6.07) is 0.603. The van der Waals surface area contributed by atoms with Crippen molar-refractivity contribution in [3.63, 3.8) is 0 Å². The highest BCUT2D eigenvalue weighted by atomic mass is 79.9. The lowest BCUT2D eigenvalue weighted by atomic mass is 10.1. The summed E-state index contributed by atoms with van der Waals surface area (Å²) >= 11 is 6.73. The molecule has 0 aliphatic heterocycles. The van der Waals surface area contributed by atoms with E-state index in [-0.39, 0.29) is 16.6 Å². The number of carbonyl (C=O) groups is 2. The molecule has 1 unspecified atom stereocenters. The normalized spacial score (nSPS) is 12.0. The predicted octanol–water partition coefficient (Wildman–Crippen LogP) is 2.23. The molecule has 19 heavy (non-hydrogen) atoms. The Balaban J connectivity index is 2.98. The Kier molecular flexibility index (Phi) is 5.74. The molecule has 0 heterocycles. The number of carbonyl (C=O) groups excluding carboxylic acids is 1. The van der Waals surface area contributed by atoms with Crippen LogP contribution in [0.4, 0.5) is 8.78 Å². The highest BCUT2D eigenvalue weighted by Gasteiger charge is 2.24. The molecule has 1 atom stereocenters.